The van der Waals surface area contributed by atoms with Gasteiger partial charge < -0.3 is 10.0 Å². The minimum absolute atomic E-state index is 0.373. The monoisotopic (exact) mass is 307 g/mol. The molecule has 114 valence electrons. The summed E-state index contributed by atoms with van der Waals surface area (Å²) in [4.78, 5) is 11.4. The first-order valence-electron chi connectivity index (χ1n) is 8.16. The van der Waals surface area contributed by atoms with Crippen LogP contribution in [0.2, 0.25) is 5.15 Å². The molecule has 3 aliphatic rings. The van der Waals surface area contributed by atoms with Crippen molar-refractivity contribution in [3.63, 3.8) is 0 Å². The third kappa shape index (κ3) is 2.64. The first-order chi connectivity index (χ1) is 10.1. The van der Waals surface area contributed by atoms with Gasteiger partial charge in [-0.15, -0.1) is 0 Å². The van der Waals surface area contributed by atoms with Gasteiger partial charge in [0.2, 0.25) is 0 Å². The fourth-order valence-electron chi connectivity index (χ4n) is 3.89. The van der Waals surface area contributed by atoms with Gasteiger partial charge in [-0.05, 0) is 32.1 Å². The average molecular weight is 308 g/mol. The number of hydrogen-bond acceptors (Lipinski definition) is 4. The molecule has 1 N–H and O–H groups in total. The van der Waals surface area contributed by atoms with E-state index in [1.807, 2.05) is 6.07 Å². The van der Waals surface area contributed by atoms with Crippen molar-refractivity contribution in [1.29, 1.82) is 0 Å². The smallest absolute Gasteiger partial charge is 0.135 e. The lowest BCUT2D eigenvalue weighted by Crippen LogP contribution is -2.53. The quantitative estimate of drug-likeness (QED) is 0.853. The minimum Gasteiger partial charge on any atom is -0.389 e. The summed E-state index contributed by atoms with van der Waals surface area (Å²) in [5, 5.41) is 11.3. The molecule has 1 saturated heterocycles. The number of piperidine rings is 1. The van der Waals surface area contributed by atoms with Gasteiger partial charge in [0, 0.05) is 31.0 Å². The fourth-order valence-corrected chi connectivity index (χ4v) is 4.07. The summed E-state index contributed by atoms with van der Waals surface area (Å²) in [6.45, 7) is 1.76. The van der Waals surface area contributed by atoms with Crippen LogP contribution in [-0.4, -0.2) is 33.8 Å². The van der Waals surface area contributed by atoms with Gasteiger partial charge in [-0.3, -0.25) is 0 Å². The maximum absolute atomic E-state index is 10.8. The van der Waals surface area contributed by atoms with Gasteiger partial charge in [-0.25, -0.2) is 9.97 Å². The molecular formula is C16H22ClN3O. The summed E-state index contributed by atoms with van der Waals surface area (Å²) in [6.07, 6.45) is 7.70. The van der Waals surface area contributed by atoms with Crippen LogP contribution in [0.25, 0.3) is 0 Å². The Morgan fingerprint density at radius 1 is 1.19 bits per heavy atom. The van der Waals surface area contributed by atoms with Crippen LogP contribution in [0.1, 0.15) is 56.7 Å². The van der Waals surface area contributed by atoms with Crippen LogP contribution in [0.3, 0.4) is 0 Å². The highest BCUT2D eigenvalue weighted by Crippen LogP contribution is 2.42. The number of anilines is 1. The lowest BCUT2D eigenvalue weighted by atomic mass is 9.71. The second-order valence-electron chi connectivity index (χ2n) is 6.92. The van der Waals surface area contributed by atoms with Crippen LogP contribution in [0, 0.1) is 5.92 Å². The zero-order chi connectivity index (χ0) is 14.4. The van der Waals surface area contributed by atoms with E-state index in [9.17, 15) is 5.11 Å². The van der Waals surface area contributed by atoms with Gasteiger partial charge in [0.05, 0.1) is 5.60 Å². The molecule has 3 fully saturated rings. The van der Waals surface area contributed by atoms with E-state index in [0.29, 0.717) is 17.0 Å². The van der Waals surface area contributed by atoms with Crippen LogP contribution in [0.15, 0.2) is 6.07 Å². The van der Waals surface area contributed by atoms with E-state index in [1.165, 1.54) is 19.3 Å². The number of aromatic nitrogens is 2. The molecule has 2 heterocycles. The molecule has 0 aromatic carbocycles. The molecule has 1 aliphatic heterocycles. The van der Waals surface area contributed by atoms with Crippen LogP contribution in [0.4, 0.5) is 5.82 Å². The average Bonchev–Trinajstić information content (AvgIpc) is 3.30. The zero-order valence-electron chi connectivity index (χ0n) is 12.3. The molecule has 2 atom stereocenters. The Labute approximate surface area is 130 Å². The summed E-state index contributed by atoms with van der Waals surface area (Å²) < 4.78 is 0. The van der Waals surface area contributed by atoms with Crippen molar-refractivity contribution in [1.82, 2.24) is 9.97 Å². The number of nitrogens with zero attached hydrogens (tertiary/aromatic N) is 3. The van der Waals surface area contributed by atoms with Gasteiger partial charge in [0.1, 0.15) is 16.8 Å². The first kappa shape index (κ1) is 13.8. The van der Waals surface area contributed by atoms with Crippen molar-refractivity contribution >= 4 is 17.4 Å². The number of hydrogen-bond donors (Lipinski definition) is 1. The second kappa shape index (κ2) is 5.10. The highest BCUT2D eigenvalue weighted by molar-refractivity contribution is 6.29. The lowest BCUT2D eigenvalue weighted by Gasteiger charge is -2.47. The van der Waals surface area contributed by atoms with Gasteiger partial charge in [0.15, 0.2) is 0 Å². The predicted octanol–water partition coefficient (Wildman–Crippen LogP) is 3.14. The van der Waals surface area contributed by atoms with E-state index >= 15 is 0 Å². The Morgan fingerprint density at radius 2 is 2.05 bits per heavy atom. The number of halogens is 1. The van der Waals surface area contributed by atoms with E-state index in [4.69, 9.17) is 16.6 Å². The molecule has 2 aliphatic carbocycles. The Morgan fingerprint density at radius 3 is 2.86 bits per heavy atom. The summed E-state index contributed by atoms with van der Waals surface area (Å²) in [6, 6.07) is 1.88. The molecule has 4 rings (SSSR count). The summed E-state index contributed by atoms with van der Waals surface area (Å²) in [5.74, 6) is 2.74. The SMILES string of the molecule is OC12CCCCC1CN(c1cc(Cl)nc(C3CC3)n1)CC2. The summed E-state index contributed by atoms with van der Waals surface area (Å²) >= 11 is 6.18. The second-order valence-corrected chi connectivity index (χ2v) is 7.31. The highest BCUT2D eigenvalue weighted by Gasteiger charge is 2.43. The van der Waals surface area contributed by atoms with Crippen LogP contribution < -0.4 is 4.90 Å². The van der Waals surface area contributed by atoms with E-state index in [-0.39, 0.29) is 0 Å². The van der Waals surface area contributed by atoms with Crippen LogP contribution >= 0.6 is 11.6 Å². The molecule has 0 radical (unpaired) electrons. The van der Waals surface area contributed by atoms with Crippen molar-refractivity contribution < 1.29 is 5.11 Å². The maximum Gasteiger partial charge on any atom is 0.135 e. The van der Waals surface area contributed by atoms with Gasteiger partial charge in [0.25, 0.3) is 0 Å². The lowest BCUT2D eigenvalue weighted by molar-refractivity contribution is -0.0613. The van der Waals surface area contributed by atoms with Gasteiger partial charge in [-0.1, -0.05) is 24.4 Å². The van der Waals surface area contributed by atoms with Gasteiger partial charge >= 0.3 is 0 Å². The summed E-state index contributed by atoms with van der Waals surface area (Å²) in [7, 11) is 0. The molecule has 5 heteroatoms. The zero-order valence-corrected chi connectivity index (χ0v) is 13.0. The number of aliphatic hydroxyl groups is 1. The minimum atomic E-state index is -0.440. The van der Waals surface area contributed by atoms with E-state index in [0.717, 1.165) is 50.4 Å². The van der Waals surface area contributed by atoms with E-state index < -0.39 is 5.60 Å². The maximum atomic E-state index is 10.8. The topological polar surface area (TPSA) is 49.2 Å². The van der Waals surface area contributed by atoms with E-state index in [2.05, 4.69) is 9.88 Å². The normalized spacial score (nSPS) is 32.9. The van der Waals surface area contributed by atoms with Crippen LogP contribution in [0.5, 0.6) is 0 Å². The van der Waals surface area contributed by atoms with Crippen molar-refractivity contribution in [3.8, 4) is 0 Å². The molecule has 1 aromatic heterocycles. The molecule has 2 unspecified atom stereocenters. The van der Waals surface area contributed by atoms with E-state index in [1.54, 1.807) is 0 Å². The molecule has 0 bridgehead atoms. The predicted molar refractivity (Wildman–Crippen MR) is 82.8 cm³/mol. The Bertz CT molecular complexity index is 548. The molecule has 1 aromatic rings. The van der Waals surface area contributed by atoms with Crippen LogP contribution in [-0.2, 0) is 0 Å². The van der Waals surface area contributed by atoms with Gasteiger partial charge in [-0.2, -0.15) is 0 Å². The molecule has 4 nitrogen and oxygen atoms in total. The molecule has 21 heavy (non-hydrogen) atoms. The Kier molecular flexibility index (Phi) is 3.34. The third-order valence-electron chi connectivity index (χ3n) is 5.39. The number of fused-ring (bicyclic) bond motifs is 1. The Balaban J connectivity index is 1.57. The van der Waals surface area contributed by atoms with Crippen molar-refractivity contribution in [2.24, 2.45) is 5.92 Å². The van der Waals surface area contributed by atoms with Crippen molar-refractivity contribution in [2.45, 2.75) is 56.5 Å². The molecule has 2 saturated carbocycles. The highest BCUT2D eigenvalue weighted by atomic mass is 35.5. The fraction of sp³-hybridized carbons (Fsp3) is 0.750. The Hall–Kier alpha value is -0.870. The summed E-state index contributed by atoms with van der Waals surface area (Å²) in [5.41, 5.74) is -0.440. The first-order valence-corrected chi connectivity index (χ1v) is 8.54. The third-order valence-corrected chi connectivity index (χ3v) is 5.59. The number of rotatable bonds is 2. The van der Waals surface area contributed by atoms with Crippen molar-refractivity contribution in [3.05, 3.63) is 17.0 Å². The van der Waals surface area contributed by atoms with Crippen molar-refractivity contribution in [2.75, 3.05) is 18.0 Å². The largest absolute Gasteiger partial charge is 0.389 e. The molecule has 0 spiro atoms. The molecular weight excluding hydrogens is 286 g/mol. The standard InChI is InChI=1S/C16H22ClN3O/c17-13-9-14(19-15(18-13)11-4-5-11)20-8-7-16(21)6-2-1-3-12(16)10-20/h9,11-12,21H,1-8,10H2. The molecule has 0 amide bonds.